The fraction of sp³-hybridized carbons (Fsp3) is 0.176. The number of hydrogen-bond donors (Lipinski definition) is 2. The summed E-state index contributed by atoms with van der Waals surface area (Å²) in [4.78, 5) is 10.8. The maximum absolute atomic E-state index is 11.3. The predicted molar refractivity (Wildman–Crippen MR) is 89.0 cm³/mol. The lowest BCUT2D eigenvalue weighted by Crippen LogP contribution is -2.10. The molecule has 2 aromatic rings. The van der Waals surface area contributed by atoms with Crippen molar-refractivity contribution >= 4 is 21.3 Å². The van der Waals surface area contributed by atoms with Gasteiger partial charge >= 0.3 is 5.97 Å². The van der Waals surface area contributed by atoms with Gasteiger partial charge in [0.05, 0.1) is 0 Å². The zero-order chi connectivity index (χ0) is 17.5. The minimum atomic E-state index is -2.54. The van der Waals surface area contributed by atoms with Crippen LogP contribution in [0.2, 0.25) is 0 Å². The Morgan fingerprint density at radius 1 is 1.08 bits per heavy atom. The lowest BCUT2D eigenvalue weighted by atomic mass is 10.1. The van der Waals surface area contributed by atoms with Crippen molar-refractivity contribution in [1.29, 1.82) is 0 Å². The monoisotopic (exact) mass is 348 g/mol. The first kappa shape index (κ1) is 17.6. The van der Waals surface area contributed by atoms with Crippen molar-refractivity contribution in [3.05, 3.63) is 59.7 Å². The van der Waals surface area contributed by atoms with Gasteiger partial charge in [-0.15, -0.1) is 0 Å². The molecule has 0 heterocycles. The topological polar surface area (TPSA) is 101 Å². The molecule has 0 amide bonds. The Hall–Kier alpha value is -2.80. The third-order valence-corrected chi connectivity index (χ3v) is 3.97. The average Bonchev–Trinajstić information content (AvgIpc) is 2.54. The summed E-state index contributed by atoms with van der Waals surface area (Å²) in [6.07, 6.45) is 1.48. The van der Waals surface area contributed by atoms with Crippen LogP contribution < -0.4 is 4.74 Å². The third kappa shape index (κ3) is 4.85. The second-order valence-corrected chi connectivity index (χ2v) is 5.96. The van der Waals surface area contributed by atoms with Gasteiger partial charge in [0.2, 0.25) is 5.05 Å². The molecule has 0 aliphatic rings. The lowest BCUT2D eigenvalue weighted by Gasteiger charge is -2.08. The lowest BCUT2D eigenvalue weighted by molar-refractivity contribution is 0.0693. The summed E-state index contributed by atoms with van der Waals surface area (Å²) in [5, 5.41) is 18.3. The molecule has 0 radical (unpaired) electrons. The third-order valence-electron chi connectivity index (χ3n) is 3.31. The number of aryl methyl sites for hydroxylation is 1. The van der Waals surface area contributed by atoms with E-state index in [9.17, 15) is 18.3 Å². The number of aromatic hydroxyl groups is 1. The average molecular weight is 348 g/mol. The Morgan fingerprint density at radius 3 is 2.38 bits per heavy atom. The van der Waals surface area contributed by atoms with E-state index >= 15 is 0 Å². The van der Waals surface area contributed by atoms with Crippen LogP contribution in [0, 0.1) is 0 Å². The molecule has 0 spiro atoms. The normalized spacial score (nSPS) is 10.2. The number of ether oxygens (including phenoxy) is 1. The Morgan fingerprint density at radius 2 is 1.79 bits per heavy atom. The van der Waals surface area contributed by atoms with Gasteiger partial charge in [0, 0.05) is 12.5 Å². The molecular weight excluding hydrogens is 332 g/mol. The van der Waals surface area contributed by atoms with E-state index in [2.05, 4.69) is 0 Å². The van der Waals surface area contributed by atoms with Crippen molar-refractivity contribution in [2.45, 2.75) is 19.3 Å². The number of aromatic carboxylic acids is 1. The van der Waals surface area contributed by atoms with Gasteiger partial charge in [-0.25, -0.2) is 4.79 Å². The number of rotatable bonds is 6. The second-order valence-electron chi connectivity index (χ2n) is 5.03. The van der Waals surface area contributed by atoms with E-state index in [-0.39, 0.29) is 22.8 Å². The van der Waals surface area contributed by atoms with Crippen LogP contribution >= 0.6 is 0 Å². The molecule has 7 heteroatoms. The highest BCUT2D eigenvalue weighted by atomic mass is 32.2. The number of carboxylic acid groups (broad SMARTS) is 1. The van der Waals surface area contributed by atoms with Crippen LogP contribution in [0.5, 0.6) is 11.5 Å². The summed E-state index contributed by atoms with van der Waals surface area (Å²) < 4.78 is 27.9. The molecule has 0 aliphatic heterocycles. The summed E-state index contributed by atoms with van der Waals surface area (Å²) in [5.74, 6) is -1.70. The van der Waals surface area contributed by atoms with Gasteiger partial charge in [-0.2, -0.15) is 8.42 Å². The second kappa shape index (κ2) is 8.16. The van der Waals surface area contributed by atoms with Gasteiger partial charge in [0.1, 0.15) is 17.1 Å². The summed E-state index contributed by atoms with van der Waals surface area (Å²) >= 11 is 0. The SMILES string of the molecule is O=C(O)c1ccc(OC(CCCc2ccccc2)=S(=O)=O)cc1O. The Labute approximate surface area is 140 Å². The molecule has 0 aromatic heterocycles. The van der Waals surface area contributed by atoms with Crippen LogP contribution in [-0.2, 0) is 16.7 Å². The van der Waals surface area contributed by atoms with Gasteiger partial charge in [-0.05, 0) is 30.5 Å². The van der Waals surface area contributed by atoms with Gasteiger partial charge in [-0.3, -0.25) is 0 Å². The van der Waals surface area contributed by atoms with Crippen molar-refractivity contribution in [2.24, 2.45) is 0 Å². The number of hydrogen-bond acceptors (Lipinski definition) is 5. The standard InChI is InChI=1S/C17H16O6S/c18-15-11-13(9-10-14(15)17(19)20)23-16(24(21)22)8-4-7-12-5-2-1-3-6-12/h1-3,5-6,9-11,18H,4,7-8H2,(H,19,20). The summed E-state index contributed by atoms with van der Waals surface area (Å²) in [7, 11) is -2.54. The minimum Gasteiger partial charge on any atom is -0.507 e. The summed E-state index contributed by atoms with van der Waals surface area (Å²) in [6.45, 7) is 0. The largest absolute Gasteiger partial charge is 0.507 e. The van der Waals surface area contributed by atoms with E-state index in [1.54, 1.807) is 0 Å². The van der Waals surface area contributed by atoms with E-state index in [0.29, 0.717) is 12.8 Å². The van der Waals surface area contributed by atoms with Crippen molar-refractivity contribution < 1.29 is 28.2 Å². The molecule has 0 saturated carbocycles. The molecular formula is C17H16O6S. The van der Waals surface area contributed by atoms with E-state index in [1.807, 2.05) is 30.3 Å². The Balaban J connectivity index is 2.03. The highest BCUT2D eigenvalue weighted by Gasteiger charge is 2.12. The summed E-state index contributed by atoms with van der Waals surface area (Å²) in [6, 6.07) is 13.2. The first-order chi connectivity index (χ1) is 11.5. The molecule has 2 N–H and O–H groups in total. The predicted octanol–water partition coefficient (Wildman–Crippen LogP) is 2.50. The van der Waals surface area contributed by atoms with Crippen LogP contribution in [0.4, 0.5) is 0 Å². The van der Waals surface area contributed by atoms with Gasteiger partial charge in [-0.1, -0.05) is 30.3 Å². The molecule has 126 valence electrons. The molecule has 0 aliphatic carbocycles. The zero-order valence-electron chi connectivity index (χ0n) is 12.7. The fourth-order valence-corrected chi connectivity index (χ4v) is 2.61. The fourth-order valence-electron chi connectivity index (χ4n) is 2.14. The van der Waals surface area contributed by atoms with E-state index in [0.717, 1.165) is 17.7 Å². The minimum absolute atomic E-state index is 0.0661. The van der Waals surface area contributed by atoms with Gasteiger partial charge in [0.25, 0.3) is 10.3 Å². The van der Waals surface area contributed by atoms with Gasteiger partial charge < -0.3 is 14.9 Å². The molecule has 0 saturated heterocycles. The van der Waals surface area contributed by atoms with Gasteiger partial charge in [0.15, 0.2) is 0 Å². The van der Waals surface area contributed by atoms with Crippen LogP contribution in [0.25, 0.3) is 0 Å². The van der Waals surface area contributed by atoms with E-state index < -0.39 is 22.0 Å². The van der Waals surface area contributed by atoms with Crippen molar-refractivity contribution in [3.8, 4) is 11.5 Å². The van der Waals surface area contributed by atoms with Crippen LogP contribution in [0.15, 0.2) is 48.5 Å². The number of carbonyl (C=O) groups is 1. The maximum Gasteiger partial charge on any atom is 0.339 e. The first-order valence-corrected chi connectivity index (χ1v) is 8.28. The van der Waals surface area contributed by atoms with Crippen molar-refractivity contribution in [1.82, 2.24) is 0 Å². The number of benzene rings is 2. The van der Waals surface area contributed by atoms with Crippen LogP contribution in [0.1, 0.15) is 28.8 Å². The summed E-state index contributed by atoms with van der Waals surface area (Å²) in [5.41, 5.74) is 0.813. The van der Waals surface area contributed by atoms with E-state index in [4.69, 9.17) is 9.84 Å². The molecule has 2 aromatic carbocycles. The molecule has 24 heavy (non-hydrogen) atoms. The first-order valence-electron chi connectivity index (χ1n) is 7.20. The molecule has 0 fully saturated rings. The Bertz CT molecular complexity index is 848. The Kier molecular flexibility index (Phi) is 5.97. The number of carboxylic acids is 1. The molecule has 6 nitrogen and oxygen atoms in total. The highest BCUT2D eigenvalue weighted by Crippen LogP contribution is 2.24. The highest BCUT2D eigenvalue weighted by molar-refractivity contribution is 7.72. The quantitative estimate of drug-likeness (QED) is 0.778. The molecule has 0 unspecified atom stereocenters. The van der Waals surface area contributed by atoms with Crippen molar-refractivity contribution in [3.63, 3.8) is 0 Å². The molecule has 0 atom stereocenters. The van der Waals surface area contributed by atoms with Crippen LogP contribution in [-0.4, -0.2) is 29.7 Å². The molecule has 0 bridgehead atoms. The maximum atomic E-state index is 11.3. The zero-order valence-corrected chi connectivity index (χ0v) is 13.5. The van der Waals surface area contributed by atoms with Crippen LogP contribution in [0.3, 0.4) is 0 Å². The smallest absolute Gasteiger partial charge is 0.339 e. The van der Waals surface area contributed by atoms with E-state index in [1.165, 1.54) is 6.07 Å². The number of phenols is 1. The van der Waals surface area contributed by atoms with Crippen molar-refractivity contribution in [2.75, 3.05) is 0 Å². The molecule has 2 rings (SSSR count).